The summed E-state index contributed by atoms with van der Waals surface area (Å²) in [7, 11) is -17.9. The zero-order valence-electron chi connectivity index (χ0n) is 25.7. The molecule has 0 spiro atoms. The molecule has 32 heteroatoms. The van der Waals surface area contributed by atoms with Crippen molar-refractivity contribution in [1.82, 2.24) is 19.1 Å². The number of phosphoric ester groups is 1. The van der Waals surface area contributed by atoms with E-state index >= 15 is 0 Å². The third kappa shape index (κ3) is 11.7. The molecule has 29 nitrogen and oxygen atoms in total. The molecular formula is C20H30N10O19P3-3. The standard InChI is InChI=1S/C10H18N5O14P3.C10H15N5O5/c11-9(12)13-5-1-2-15(10(18)14-5)8-7(17)6(16)4(27-8)3-26-31(22,23)29-32(24,25)28-30(19,20)21;11-9(12)13-5-1-2-15(10(19)14-5)8-7(18)6(17)4(3-16)20-8/h1-2,4,6-8,16-17H,3H2,(H,22,23)(H,24,25)(H2,19,20,21)(H4,11,12,13,14,18);1-2,4,6-8,16-18H,3H2,(H4,11,12,13,14,19)/p-3/t2*4-,6?,7+,8-/m11/s1. The lowest BCUT2D eigenvalue weighted by Gasteiger charge is -2.33. The van der Waals surface area contributed by atoms with Gasteiger partial charge < -0.3 is 82.0 Å². The Labute approximate surface area is 288 Å². The van der Waals surface area contributed by atoms with Crippen LogP contribution in [0.2, 0.25) is 0 Å². The molecule has 2 fully saturated rings. The number of rotatable bonds is 12. The number of nitrogens with zero attached hydrogens (tertiary/aromatic N) is 6. The average Bonchev–Trinajstić information content (AvgIpc) is 3.43. The maximum Gasteiger partial charge on any atom is 0.351 e. The largest absolute Gasteiger partial charge is 0.756 e. The van der Waals surface area contributed by atoms with Crippen LogP contribution in [0.15, 0.2) is 44.1 Å². The van der Waals surface area contributed by atoms with Crippen LogP contribution in [-0.4, -0.2) is 111 Å². The zero-order valence-corrected chi connectivity index (χ0v) is 28.4. The molecule has 2 aliphatic rings. The van der Waals surface area contributed by atoms with Crippen LogP contribution < -0.4 is 49.0 Å². The highest BCUT2D eigenvalue weighted by atomic mass is 31.3. The Kier molecular flexibility index (Phi) is 14.0. The SMILES string of the molecule is NC(N)=Nc1ccn([C@@H]2O[C@H](CO)C(O)[C@@H]2O)c(=O)n1.NC(N)=Nc1ccn([C@@H]2O[C@H](COP(=O)([O-])OP(=O)([O-])OP(=O)([O-])O)C(O)[C@@H]2O)c(=O)n1. The molecule has 11 atom stereocenters. The predicted octanol–water partition coefficient (Wildman–Crippen LogP) is -8.03. The molecule has 0 aliphatic carbocycles. The molecule has 4 heterocycles. The molecule has 2 aromatic heterocycles. The maximum absolute atomic E-state index is 12.1. The number of nitrogens with two attached hydrogens (primary N) is 4. The fourth-order valence-electron chi connectivity index (χ4n) is 4.24. The summed E-state index contributed by atoms with van der Waals surface area (Å²) in [5.41, 5.74) is 18.8. The number of aliphatic hydroxyl groups is 5. The third-order valence-electron chi connectivity index (χ3n) is 6.32. The number of guanidine groups is 2. The maximum atomic E-state index is 12.1. The minimum absolute atomic E-state index is 0.0120. The molecule has 2 aliphatic heterocycles. The number of phosphoric acid groups is 3. The van der Waals surface area contributed by atoms with Crippen molar-refractivity contribution in [2.75, 3.05) is 13.2 Å². The van der Waals surface area contributed by atoms with Crippen molar-refractivity contribution in [3.63, 3.8) is 0 Å². The minimum Gasteiger partial charge on any atom is -0.756 e. The molecule has 0 amide bonds. The van der Waals surface area contributed by atoms with E-state index in [1.807, 2.05) is 0 Å². The van der Waals surface area contributed by atoms with Gasteiger partial charge in [-0.3, -0.25) is 22.8 Å². The van der Waals surface area contributed by atoms with E-state index in [-0.39, 0.29) is 17.6 Å². The Morgan fingerprint density at radius 1 is 0.769 bits per heavy atom. The Bertz CT molecular complexity index is 1900. The quantitative estimate of drug-likeness (QED) is 0.0541. The summed E-state index contributed by atoms with van der Waals surface area (Å²) in [6, 6.07) is 2.49. The van der Waals surface area contributed by atoms with Crippen LogP contribution in [0.3, 0.4) is 0 Å². The monoisotopic (exact) mass is 807 g/mol. The van der Waals surface area contributed by atoms with Crippen LogP contribution in [0.1, 0.15) is 12.5 Å². The van der Waals surface area contributed by atoms with Gasteiger partial charge in [0.05, 0.1) is 13.2 Å². The molecule has 0 saturated carbocycles. The molecule has 52 heavy (non-hydrogen) atoms. The molecule has 292 valence electrons. The highest BCUT2D eigenvalue weighted by molar-refractivity contribution is 7.65. The summed E-state index contributed by atoms with van der Waals surface area (Å²) in [4.78, 5) is 79.5. The Hall–Kier alpha value is -3.57. The molecule has 14 N–H and O–H groups in total. The number of hydrogen-bond donors (Lipinski definition) is 10. The molecule has 0 aromatic carbocycles. The Balaban J connectivity index is 0.000000311. The molecule has 4 rings (SSSR count). The first-order valence-corrected chi connectivity index (χ1v) is 18.1. The first-order chi connectivity index (χ1) is 23.9. The van der Waals surface area contributed by atoms with Crippen molar-refractivity contribution in [3.8, 4) is 0 Å². The molecule has 2 saturated heterocycles. The number of ether oxygens (including phenoxy) is 2. The van der Waals surface area contributed by atoms with Crippen LogP contribution in [0.4, 0.5) is 11.6 Å². The molecule has 0 radical (unpaired) electrons. The average molecular weight is 807 g/mol. The number of aliphatic imine (C=N–C) groups is 2. The number of aromatic nitrogens is 4. The second-order valence-corrected chi connectivity index (χ2v) is 14.4. The summed E-state index contributed by atoms with van der Waals surface area (Å²) in [6.07, 6.45) is -9.35. The van der Waals surface area contributed by atoms with Gasteiger partial charge >= 0.3 is 11.4 Å². The Morgan fingerprint density at radius 2 is 1.19 bits per heavy atom. The van der Waals surface area contributed by atoms with E-state index in [1.54, 1.807) is 0 Å². The first-order valence-electron chi connectivity index (χ1n) is 13.7. The van der Waals surface area contributed by atoms with Gasteiger partial charge in [0, 0.05) is 12.4 Å². The molecular weight excluding hydrogens is 777 g/mol. The lowest BCUT2D eigenvalue weighted by Crippen LogP contribution is -2.36. The lowest BCUT2D eigenvalue weighted by molar-refractivity contribution is -0.250. The van der Waals surface area contributed by atoms with Gasteiger partial charge in [-0.05, 0) is 12.1 Å². The summed E-state index contributed by atoms with van der Waals surface area (Å²) >= 11 is 0. The van der Waals surface area contributed by atoms with Gasteiger partial charge in [-0.25, -0.2) is 18.2 Å². The van der Waals surface area contributed by atoms with E-state index in [2.05, 4.69) is 33.1 Å². The van der Waals surface area contributed by atoms with Crippen molar-refractivity contribution in [2.24, 2.45) is 32.9 Å². The van der Waals surface area contributed by atoms with E-state index < -0.39 is 103 Å². The van der Waals surface area contributed by atoms with Crippen molar-refractivity contribution in [1.29, 1.82) is 0 Å². The smallest absolute Gasteiger partial charge is 0.351 e. The van der Waals surface area contributed by atoms with E-state index in [9.17, 15) is 58.4 Å². The predicted molar refractivity (Wildman–Crippen MR) is 160 cm³/mol. The Morgan fingerprint density at radius 3 is 1.56 bits per heavy atom. The summed E-state index contributed by atoms with van der Waals surface area (Å²) in [6.45, 7) is -1.64. The topological polar surface area (TPSA) is 487 Å². The highest BCUT2D eigenvalue weighted by Crippen LogP contribution is 2.61. The molecule has 5 unspecified atom stereocenters. The van der Waals surface area contributed by atoms with Crippen LogP contribution in [0.25, 0.3) is 0 Å². The normalized spacial score (nSPS) is 29.1. The second-order valence-electron chi connectivity index (χ2n) is 10.1. The van der Waals surface area contributed by atoms with E-state index in [0.29, 0.717) is 4.57 Å². The highest BCUT2D eigenvalue weighted by Gasteiger charge is 2.45. The fourth-order valence-corrected chi connectivity index (χ4v) is 7.14. The van der Waals surface area contributed by atoms with Gasteiger partial charge in [-0.15, -0.1) is 0 Å². The minimum atomic E-state index is -6.12. The van der Waals surface area contributed by atoms with Crippen LogP contribution in [0.5, 0.6) is 0 Å². The van der Waals surface area contributed by atoms with Gasteiger partial charge in [-0.1, -0.05) is 0 Å². The van der Waals surface area contributed by atoms with Crippen LogP contribution >= 0.6 is 23.5 Å². The lowest BCUT2D eigenvalue weighted by atomic mass is 10.1. The molecule has 0 bridgehead atoms. The van der Waals surface area contributed by atoms with Crippen molar-refractivity contribution in [3.05, 3.63) is 45.5 Å². The van der Waals surface area contributed by atoms with Crippen molar-refractivity contribution >= 4 is 47.0 Å². The number of hydrogen-bond acceptors (Lipinski definition) is 22. The van der Waals surface area contributed by atoms with Crippen molar-refractivity contribution < 1.29 is 81.4 Å². The first kappa shape index (κ1) is 42.8. The van der Waals surface area contributed by atoms with Gasteiger partial charge in [0.15, 0.2) is 36.0 Å². The van der Waals surface area contributed by atoms with E-state index in [4.69, 9.17) is 42.4 Å². The summed E-state index contributed by atoms with van der Waals surface area (Å²) in [5.74, 6) is -0.812. The fraction of sp³-hybridized carbons (Fsp3) is 0.500. The number of aliphatic hydroxyl groups excluding tert-OH is 5. The van der Waals surface area contributed by atoms with E-state index in [1.165, 1.54) is 12.3 Å². The van der Waals surface area contributed by atoms with Gasteiger partial charge in [0.1, 0.15) is 36.6 Å². The summed E-state index contributed by atoms with van der Waals surface area (Å²) in [5, 5.41) is 48.5. The van der Waals surface area contributed by atoms with Gasteiger partial charge in [0.2, 0.25) is 0 Å². The van der Waals surface area contributed by atoms with Crippen LogP contribution in [0, 0.1) is 0 Å². The second kappa shape index (κ2) is 17.1. The molecule has 2 aromatic rings. The van der Waals surface area contributed by atoms with Gasteiger partial charge in [0.25, 0.3) is 23.5 Å². The summed E-state index contributed by atoms with van der Waals surface area (Å²) < 4.78 is 55.9. The zero-order chi connectivity index (χ0) is 39.3. The van der Waals surface area contributed by atoms with E-state index in [0.717, 1.165) is 16.8 Å². The van der Waals surface area contributed by atoms with Gasteiger partial charge in [-0.2, -0.15) is 20.0 Å². The van der Waals surface area contributed by atoms with Crippen LogP contribution in [-0.2, 0) is 36.3 Å². The third-order valence-corrected chi connectivity index (χ3v) is 10.0. The van der Waals surface area contributed by atoms with Crippen molar-refractivity contribution in [2.45, 2.75) is 49.1 Å².